The molecule has 4 rings (SSSR count). The summed E-state index contributed by atoms with van der Waals surface area (Å²) in [6.45, 7) is 0. The molecule has 0 fully saturated rings. The maximum absolute atomic E-state index is 2.25. The molecule has 2 aromatic carbocycles. The Labute approximate surface area is 147 Å². The van der Waals surface area contributed by atoms with E-state index in [1.807, 2.05) is 11.3 Å². The maximum Gasteiger partial charge on any atom is 0.248 e. The van der Waals surface area contributed by atoms with Crippen molar-refractivity contribution in [1.29, 1.82) is 0 Å². The van der Waals surface area contributed by atoms with E-state index in [2.05, 4.69) is 107 Å². The van der Waals surface area contributed by atoms with Crippen molar-refractivity contribution < 1.29 is 4.57 Å². The van der Waals surface area contributed by atoms with Gasteiger partial charge in [0.05, 0.1) is 11.7 Å². The summed E-state index contributed by atoms with van der Waals surface area (Å²) >= 11 is 1.85. The number of aryl methyl sites for hydroxylation is 1. The van der Waals surface area contributed by atoms with Crippen LogP contribution in [0.15, 0.2) is 90.8 Å². The number of imidazole rings is 1. The molecule has 0 spiro atoms. The first-order chi connectivity index (χ1) is 11.8. The van der Waals surface area contributed by atoms with Gasteiger partial charge < -0.3 is 0 Å². The summed E-state index contributed by atoms with van der Waals surface area (Å²) in [4.78, 5) is 0. The van der Waals surface area contributed by atoms with Crippen LogP contribution in [0.3, 0.4) is 0 Å². The van der Waals surface area contributed by atoms with Crippen LogP contribution in [0.1, 0.15) is 0 Å². The highest BCUT2D eigenvalue weighted by atomic mass is 32.1. The normalized spacial score (nSPS) is 11.1. The summed E-state index contributed by atoms with van der Waals surface area (Å²) in [5, 5.41) is 4.98. The summed E-state index contributed by atoms with van der Waals surface area (Å²) in [5.74, 6) is 0. The number of benzene rings is 2. The molecule has 0 radical (unpaired) electrons. The minimum Gasteiger partial charge on any atom is -0.239 e. The monoisotopic (exact) mass is 349 g/mol. The average Bonchev–Trinajstić information content (AvgIpc) is 3.26. The quantitative estimate of drug-likeness (QED) is 0.395. The van der Waals surface area contributed by atoms with Gasteiger partial charge in [-0.2, -0.15) is 0 Å². The average molecular weight is 349 g/mol. The van der Waals surface area contributed by atoms with Crippen LogP contribution in [0.2, 0.25) is 0 Å². The number of hydrogen-bond acceptors (Lipinski definition) is 1. The Bertz CT molecular complexity index is 889. The van der Waals surface area contributed by atoms with Gasteiger partial charge in [0.15, 0.2) is 5.69 Å². The molecule has 0 bridgehead atoms. The maximum atomic E-state index is 2.25. The Morgan fingerprint density at radius 3 is 2.04 bits per heavy atom. The van der Waals surface area contributed by atoms with Crippen molar-refractivity contribution >= 4 is 34.5 Å². The fraction of sp³-hybridized carbons (Fsp3) is 0.0500. The first-order valence-corrected chi connectivity index (χ1v) is 10.1. The van der Waals surface area contributed by atoms with Crippen LogP contribution in [0.25, 0.3) is 5.69 Å². The second kappa shape index (κ2) is 6.72. The summed E-state index contributed by atoms with van der Waals surface area (Å²) in [7, 11) is 1.50. The Hall–Kier alpha value is -2.22. The zero-order valence-corrected chi connectivity index (χ0v) is 15.1. The largest absolute Gasteiger partial charge is 0.248 e. The zero-order valence-electron chi connectivity index (χ0n) is 13.4. The van der Waals surface area contributed by atoms with Crippen molar-refractivity contribution in [3.63, 3.8) is 0 Å². The van der Waals surface area contributed by atoms with Crippen molar-refractivity contribution in [2.45, 2.75) is 0 Å². The molecule has 4 aromatic rings. The second-order valence-electron chi connectivity index (χ2n) is 5.60. The molecule has 0 aliphatic heterocycles. The standard InChI is InChI=1S/C20H18N2PS/c1-21-13-14-22(16-21)19-12-15-24-20(19)23(17-8-4-2-5-9-17)18-10-6-3-7-11-18/h2-16H,1H3/q+1. The number of thiophene rings is 1. The van der Waals surface area contributed by atoms with Gasteiger partial charge in [0.2, 0.25) is 6.33 Å². The Morgan fingerprint density at radius 2 is 1.50 bits per heavy atom. The van der Waals surface area contributed by atoms with Crippen molar-refractivity contribution in [2.24, 2.45) is 7.05 Å². The van der Waals surface area contributed by atoms with Crippen molar-refractivity contribution in [1.82, 2.24) is 4.57 Å². The number of aromatic nitrogens is 2. The fourth-order valence-corrected chi connectivity index (χ4v) is 6.77. The van der Waals surface area contributed by atoms with Crippen LogP contribution in [-0.2, 0) is 7.05 Å². The van der Waals surface area contributed by atoms with E-state index in [9.17, 15) is 0 Å². The number of nitrogens with zero attached hydrogens (tertiary/aromatic N) is 2. The Morgan fingerprint density at radius 1 is 0.875 bits per heavy atom. The van der Waals surface area contributed by atoms with Crippen molar-refractivity contribution in [3.8, 4) is 5.69 Å². The lowest BCUT2D eigenvalue weighted by atomic mass is 10.4. The first kappa shape index (κ1) is 15.3. The Kier molecular flexibility index (Phi) is 4.29. The SMILES string of the molecule is C[n+]1ccn(-c2ccsc2P(c2ccccc2)c2ccccc2)c1. The number of hydrogen-bond donors (Lipinski definition) is 0. The van der Waals surface area contributed by atoms with Gasteiger partial charge in [0.25, 0.3) is 0 Å². The summed E-state index contributed by atoms with van der Waals surface area (Å²) in [5.41, 5.74) is 1.28. The molecule has 0 amide bonds. The molecular weight excluding hydrogens is 331 g/mol. The molecule has 0 N–H and O–H groups in total. The summed E-state index contributed by atoms with van der Waals surface area (Å²) in [6, 6.07) is 23.9. The Balaban J connectivity index is 1.88. The topological polar surface area (TPSA) is 8.81 Å². The molecule has 2 heterocycles. The van der Waals surface area contributed by atoms with Gasteiger partial charge in [0, 0.05) is 7.92 Å². The van der Waals surface area contributed by atoms with Crippen LogP contribution in [-0.4, -0.2) is 4.57 Å². The van der Waals surface area contributed by atoms with E-state index in [1.165, 1.54) is 20.9 Å². The molecule has 24 heavy (non-hydrogen) atoms. The molecule has 0 aliphatic carbocycles. The smallest absolute Gasteiger partial charge is 0.239 e. The molecule has 0 atom stereocenters. The van der Waals surface area contributed by atoms with Gasteiger partial charge in [-0.1, -0.05) is 60.7 Å². The lowest BCUT2D eigenvalue weighted by Crippen LogP contribution is -2.24. The van der Waals surface area contributed by atoms with Crippen molar-refractivity contribution in [2.75, 3.05) is 0 Å². The van der Waals surface area contributed by atoms with E-state index in [1.54, 1.807) is 0 Å². The van der Waals surface area contributed by atoms with Gasteiger partial charge in [-0.3, -0.25) is 0 Å². The van der Waals surface area contributed by atoms with Crippen molar-refractivity contribution in [3.05, 3.63) is 90.8 Å². The van der Waals surface area contributed by atoms with Gasteiger partial charge in [-0.15, -0.1) is 11.3 Å². The molecule has 0 aliphatic rings. The molecule has 4 heteroatoms. The zero-order chi connectivity index (χ0) is 16.4. The highest BCUT2D eigenvalue weighted by Gasteiger charge is 2.23. The summed E-state index contributed by atoms with van der Waals surface area (Å²) < 4.78 is 5.72. The van der Waals surface area contributed by atoms with Crippen LogP contribution in [0, 0.1) is 0 Å². The van der Waals surface area contributed by atoms with E-state index in [-0.39, 0.29) is 0 Å². The highest BCUT2D eigenvalue weighted by Crippen LogP contribution is 2.37. The van der Waals surface area contributed by atoms with Gasteiger partial charge in [-0.25, -0.2) is 9.13 Å². The van der Waals surface area contributed by atoms with E-state index in [0.717, 1.165) is 0 Å². The fourth-order valence-electron chi connectivity index (χ4n) is 2.79. The molecule has 118 valence electrons. The third-order valence-corrected chi connectivity index (χ3v) is 7.74. The van der Waals surface area contributed by atoms with Crippen LogP contribution >= 0.6 is 19.3 Å². The van der Waals surface area contributed by atoms with Crippen LogP contribution < -0.4 is 19.8 Å². The lowest BCUT2D eigenvalue weighted by Gasteiger charge is -2.18. The minimum atomic E-state index is -0.556. The van der Waals surface area contributed by atoms with Gasteiger partial charge in [-0.05, 0) is 22.1 Å². The van der Waals surface area contributed by atoms with E-state index in [4.69, 9.17) is 0 Å². The molecule has 0 saturated heterocycles. The van der Waals surface area contributed by atoms with Crippen LogP contribution in [0.5, 0.6) is 0 Å². The van der Waals surface area contributed by atoms with Crippen LogP contribution in [0.4, 0.5) is 0 Å². The predicted molar refractivity (Wildman–Crippen MR) is 104 cm³/mol. The first-order valence-electron chi connectivity index (χ1n) is 7.84. The molecule has 0 unspecified atom stereocenters. The van der Waals surface area contributed by atoms with E-state index >= 15 is 0 Å². The second-order valence-corrected chi connectivity index (χ2v) is 8.97. The number of rotatable bonds is 4. The van der Waals surface area contributed by atoms with Gasteiger partial charge >= 0.3 is 0 Å². The molecule has 2 aromatic heterocycles. The molecule has 2 nitrogen and oxygen atoms in total. The van der Waals surface area contributed by atoms with E-state index in [0.29, 0.717) is 0 Å². The summed E-state index contributed by atoms with van der Waals surface area (Å²) in [6.07, 6.45) is 6.32. The molecular formula is C20H18N2PS+. The van der Waals surface area contributed by atoms with E-state index < -0.39 is 7.92 Å². The van der Waals surface area contributed by atoms with Gasteiger partial charge in [0.1, 0.15) is 12.4 Å². The third-order valence-electron chi connectivity index (χ3n) is 3.90. The minimum absolute atomic E-state index is 0.556. The predicted octanol–water partition coefficient (Wildman–Crippen LogP) is 3.12. The highest BCUT2D eigenvalue weighted by molar-refractivity contribution is 7.84. The lowest BCUT2D eigenvalue weighted by molar-refractivity contribution is -0.670. The molecule has 0 saturated carbocycles. The third kappa shape index (κ3) is 2.93.